The van der Waals surface area contributed by atoms with Crippen LogP contribution in [-0.2, 0) is 0 Å². The molecule has 19 heavy (non-hydrogen) atoms. The number of nitrogens with one attached hydrogen (secondary N) is 1. The number of carbonyl (C=O) groups is 1. The maximum atomic E-state index is 12.4. The summed E-state index contributed by atoms with van der Waals surface area (Å²) in [5.74, 6) is -0.0513. The molecule has 0 aliphatic rings. The molecule has 0 aliphatic carbocycles. The molecule has 3 nitrogen and oxygen atoms in total. The number of pyridine rings is 1. The fourth-order valence-corrected chi connectivity index (χ4v) is 2.96. The van der Waals surface area contributed by atoms with E-state index in [1.807, 2.05) is 38.1 Å². The van der Waals surface area contributed by atoms with Gasteiger partial charge in [-0.15, -0.1) is 0 Å². The van der Waals surface area contributed by atoms with Gasteiger partial charge in [0.15, 0.2) is 0 Å². The van der Waals surface area contributed by atoms with Crippen LogP contribution in [0.2, 0.25) is 0 Å². The van der Waals surface area contributed by atoms with Gasteiger partial charge in [-0.3, -0.25) is 9.78 Å². The molecular formula is C15H17BrN2O. The van der Waals surface area contributed by atoms with Gasteiger partial charge in [-0.2, -0.15) is 0 Å². The van der Waals surface area contributed by atoms with Crippen LogP contribution < -0.4 is 5.32 Å². The molecule has 1 heterocycles. The van der Waals surface area contributed by atoms with E-state index >= 15 is 0 Å². The number of hydrogen-bond donors (Lipinski definition) is 1. The summed E-state index contributed by atoms with van der Waals surface area (Å²) in [5, 5.41) is 4.81. The van der Waals surface area contributed by atoms with E-state index in [0.29, 0.717) is 5.56 Å². The molecule has 1 amide bonds. The Morgan fingerprint density at radius 2 is 2.05 bits per heavy atom. The highest BCUT2D eigenvalue weighted by Gasteiger charge is 2.21. The van der Waals surface area contributed by atoms with Crippen molar-refractivity contribution in [1.29, 1.82) is 0 Å². The Labute approximate surface area is 121 Å². The van der Waals surface area contributed by atoms with Crippen molar-refractivity contribution in [3.63, 3.8) is 0 Å². The number of hydrogen-bond acceptors (Lipinski definition) is 2. The zero-order valence-corrected chi connectivity index (χ0v) is 12.7. The van der Waals surface area contributed by atoms with Crippen molar-refractivity contribution < 1.29 is 4.79 Å². The molecule has 0 bridgehead atoms. The van der Waals surface area contributed by atoms with Gasteiger partial charge < -0.3 is 5.32 Å². The lowest BCUT2D eigenvalue weighted by Gasteiger charge is -2.25. The SMILES string of the molecule is CC(C)(CCBr)NC(=O)c1ccnc2ccccc12. The van der Waals surface area contributed by atoms with Gasteiger partial charge in [0, 0.05) is 22.5 Å². The third-order valence-corrected chi connectivity index (χ3v) is 3.46. The van der Waals surface area contributed by atoms with Gasteiger partial charge in [-0.05, 0) is 32.4 Å². The van der Waals surface area contributed by atoms with Crippen LogP contribution in [0.1, 0.15) is 30.6 Å². The predicted molar refractivity (Wildman–Crippen MR) is 81.7 cm³/mol. The van der Waals surface area contributed by atoms with E-state index in [2.05, 4.69) is 26.2 Å². The second-order valence-electron chi connectivity index (χ2n) is 5.15. The van der Waals surface area contributed by atoms with E-state index in [-0.39, 0.29) is 11.4 Å². The molecule has 0 spiro atoms. The van der Waals surface area contributed by atoms with Gasteiger partial charge in [0.1, 0.15) is 0 Å². The lowest BCUT2D eigenvalue weighted by Crippen LogP contribution is -2.43. The smallest absolute Gasteiger partial charge is 0.252 e. The molecule has 1 aromatic carbocycles. The summed E-state index contributed by atoms with van der Waals surface area (Å²) < 4.78 is 0. The van der Waals surface area contributed by atoms with Crippen LogP contribution in [0.25, 0.3) is 10.9 Å². The van der Waals surface area contributed by atoms with Crippen molar-refractivity contribution in [2.75, 3.05) is 5.33 Å². The number of carbonyl (C=O) groups excluding carboxylic acids is 1. The molecule has 0 unspecified atom stereocenters. The molecule has 2 aromatic rings. The lowest BCUT2D eigenvalue weighted by atomic mass is 10.0. The summed E-state index contributed by atoms with van der Waals surface area (Å²) in [7, 11) is 0. The van der Waals surface area contributed by atoms with E-state index in [1.54, 1.807) is 12.3 Å². The Balaban J connectivity index is 2.32. The summed E-state index contributed by atoms with van der Waals surface area (Å²) in [6, 6.07) is 9.45. The Morgan fingerprint density at radius 1 is 1.32 bits per heavy atom. The maximum Gasteiger partial charge on any atom is 0.252 e. The number of rotatable bonds is 4. The first-order valence-corrected chi connectivity index (χ1v) is 7.38. The first kappa shape index (κ1) is 14.0. The van der Waals surface area contributed by atoms with Crippen molar-refractivity contribution in [3.05, 3.63) is 42.1 Å². The van der Waals surface area contributed by atoms with Crippen molar-refractivity contribution in [3.8, 4) is 0 Å². The van der Waals surface area contributed by atoms with Crippen LogP contribution in [0.5, 0.6) is 0 Å². The summed E-state index contributed by atoms with van der Waals surface area (Å²) in [5.41, 5.74) is 1.28. The first-order valence-electron chi connectivity index (χ1n) is 6.26. The molecule has 0 atom stereocenters. The Kier molecular flexibility index (Phi) is 4.20. The van der Waals surface area contributed by atoms with E-state index in [9.17, 15) is 4.79 Å². The fraction of sp³-hybridized carbons (Fsp3) is 0.333. The molecular weight excluding hydrogens is 304 g/mol. The molecule has 0 saturated carbocycles. The van der Waals surface area contributed by atoms with Crippen molar-refractivity contribution in [2.24, 2.45) is 0 Å². The number of nitrogens with zero attached hydrogens (tertiary/aromatic N) is 1. The fourth-order valence-electron chi connectivity index (χ4n) is 1.97. The summed E-state index contributed by atoms with van der Waals surface area (Å²) in [6.45, 7) is 4.05. The largest absolute Gasteiger partial charge is 0.347 e. The maximum absolute atomic E-state index is 12.4. The number of benzene rings is 1. The van der Waals surface area contributed by atoms with E-state index in [0.717, 1.165) is 22.7 Å². The quantitative estimate of drug-likeness (QED) is 0.876. The number of para-hydroxylation sites is 1. The normalized spacial score (nSPS) is 11.5. The number of fused-ring (bicyclic) bond motifs is 1. The standard InChI is InChI=1S/C15H17BrN2O/c1-15(2,8-9-16)18-14(19)12-7-10-17-13-6-4-3-5-11(12)13/h3-7,10H,8-9H2,1-2H3,(H,18,19). The van der Waals surface area contributed by atoms with Crippen LogP contribution in [0, 0.1) is 0 Å². The third kappa shape index (κ3) is 3.32. The van der Waals surface area contributed by atoms with Crippen LogP contribution in [0.15, 0.2) is 36.5 Å². The molecule has 1 aromatic heterocycles. The second kappa shape index (κ2) is 5.70. The molecule has 1 N–H and O–H groups in total. The molecule has 0 saturated heterocycles. The first-order chi connectivity index (χ1) is 9.03. The molecule has 4 heteroatoms. The minimum absolute atomic E-state index is 0.0513. The number of amides is 1. The minimum atomic E-state index is -0.231. The topological polar surface area (TPSA) is 42.0 Å². The Morgan fingerprint density at radius 3 is 2.79 bits per heavy atom. The minimum Gasteiger partial charge on any atom is -0.347 e. The average Bonchev–Trinajstić information content (AvgIpc) is 2.37. The highest BCUT2D eigenvalue weighted by atomic mass is 79.9. The second-order valence-corrected chi connectivity index (χ2v) is 5.95. The highest BCUT2D eigenvalue weighted by Crippen LogP contribution is 2.18. The summed E-state index contributed by atoms with van der Waals surface area (Å²) in [6.07, 6.45) is 2.55. The third-order valence-electron chi connectivity index (χ3n) is 3.07. The van der Waals surface area contributed by atoms with Crippen molar-refractivity contribution in [2.45, 2.75) is 25.8 Å². The molecule has 2 rings (SSSR count). The Bertz CT molecular complexity index is 590. The lowest BCUT2D eigenvalue weighted by molar-refractivity contribution is 0.0913. The molecule has 0 radical (unpaired) electrons. The number of halogens is 1. The van der Waals surface area contributed by atoms with Crippen molar-refractivity contribution in [1.82, 2.24) is 10.3 Å². The summed E-state index contributed by atoms with van der Waals surface area (Å²) in [4.78, 5) is 16.7. The number of aromatic nitrogens is 1. The average molecular weight is 321 g/mol. The number of alkyl halides is 1. The summed E-state index contributed by atoms with van der Waals surface area (Å²) >= 11 is 3.41. The van der Waals surface area contributed by atoms with Crippen LogP contribution >= 0.6 is 15.9 Å². The predicted octanol–water partition coefficient (Wildman–Crippen LogP) is 3.53. The van der Waals surface area contributed by atoms with Gasteiger partial charge in [0.05, 0.1) is 11.1 Å². The van der Waals surface area contributed by atoms with Gasteiger partial charge in [0.2, 0.25) is 0 Å². The zero-order valence-electron chi connectivity index (χ0n) is 11.1. The van der Waals surface area contributed by atoms with Crippen LogP contribution in [-0.4, -0.2) is 21.8 Å². The van der Waals surface area contributed by atoms with Crippen LogP contribution in [0.3, 0.4) is 0 Å². The Hall–Kier alpha value is -1.42. The van der Waals surface area contributed by atoms with Gasteiger partial charge in [0.25, 0.3) is 5.91 Å². The van der Waals surface area contributed by atoms with Crippen LogP contribution in [0.4, 0.5) is 0 Å². The van der Waals surface area contributed by atoms with E-state index in [4.69, 9.17) is 0 Å². The monoisotopic (exact) mass is 320 g/mol. The van der Waals surface area contributed by atoms with Gasteiger partial charge in [-0.25, -0.2) is 0 Å². The van der Waals surface area contributed by atoms with Crippen molar-refractivity contribution >= 4 is 32.7 Å². The highest BCUT2D eigenvalue weighted by molar-refractivity contribution is 9.09. The zero-order chi connectivity index (χ0) is 13.9. The van der Waals surface area contributed by atoms with E-state index < -0.39 is 0 Å². The van der Waals surface area contributed by atoms with Gasteiger partial charge >= 0.3 is 0 Å². The molecule has 0 aliphatic heterocycles. The van der Waals surface area contributed by atoms with E-state index in [1.165, 1.54) is 0 Å². The van der Waals surface area contributed by atoms with Gasteiger partial charge in [-0.1, -0.05) is 34.1 Å². The molecule has 100 valence electrons. The molecule has 0 fully saturated rings.